The van der Waals surface area contributed by atoms with Gasteiger partial charge >= 0.3 is 6.09 Å². The molecule has 1 amide bonds. The number of rotatable bonds is 10. The molecule has 1 N–H and O–H groups in total. The Balaban J connectivity index is 1.44. The predicted octanol–water partition coefficient (Wildman–Crippen LogP) is 9.25. The predicted molar refractivity (Wildman–Crippen MR) is 181 cm³/mol. The van der Waals surface area contributed by atoms with Crippen LogP contribution >= 0.6 is 0 Å². The summed E-state index contributed by atoms with van der Waals surface area (Å²) in [5.74, 6) is 2.57. The highest BCUT2D eigenvalue weighted by atomic mass is 16.6. The molecule has 6 rings (SSSR count). The lowest BCUT2D eigenvalue weighted by Crippen LogP contribution is -2.27. The van der Waals surface area contributed by atoms with Gasteiger partial charge in [-0.2, -0.15) is 0 Å². The van der Waals surface area contributed by atoms with Crippen LogP contribution in [0.1, 0.15) is 62.8 Å². The van der Waals surface area contributed by atoms with Gasteiger partial charge in [0.15, 0.2) is 11.5 Å². The molecule has 5 aromatic rings. The number of methoxy groups -OCH3 is 1. The third-order valence-electron chi connectivity index (χ3n) is 8.14. The van der Waals surface area contributed by atoms with Gasteiger partial charge in [-0.3, -0.25) is 5.32 Å². The molecule has 8 nitrogen and oxygen atoms in total. The number of carbonyl (C=O) groups is 1. The molecular weight excluding hydrogens is 578 g/mol. The molecule has 0 spiro atoms. The van der Waals surface area contributed by atoms with Gasteiger partial charge < -0.3 is 23.5 Å². The summed E-state index contributed by atoms with van der Waals surface area (Å²) in [7, 11) is 1.65. The molecule has 238 valence electrons. The minimum atomic E-state index is -0.596. The zero-order chi connectivity index (χ0) is 32.3. The van der Waals surface area contributed by atoms with Crippen LogP contribution in [0, 0.1) is 6.92 Å². The Morgan fingerprint density at radius 3 is 2.09 bits per heavy atom. The van der Waals surface area contributed by atoms with E-state index >= 15 is 0 Å². The second-order valence-electron chi connectivity index (χ2n) is 12.7. The van der Waals surface area contributed by atoms with Gasteiger partial charge in [-0.05, 0) is 82.3 Å². The Morgan fingerprint density at radius 1 is 0.891 bits per heavy atom. The number of fused-ring (bicyclic) bond motifs is 1. The fourth-order valence-corrected chi connectivity index (χ4v) is 5.67. The average Bonchev–Trinajstić information content (AvgIpc) is 3.36. The first-order valence-electron chi connectivity index (χ1n) is 15.8. The summed E-state index contributed by atoms with van der Waals surface area (Å²) in [5.41, 5.74) is 5.71. The lowest BCUT2D eigenvalue weighted by atomic mass is 9.92. The van der Waals surface area contributed by atoms with Crippen molar-refractivity contribution in [3.63, 3.8) is 0 Å². The average molecular weight is 620 g/mol. The molecular formula is C38H41N3O5. The van der Waals surface area contributed by atoms with Crippen molar-refractivity contribution in [1.29, 1.82) is 0 Å². The summed E-state index contributed by atoms with van der Waals surface area (Å²) >= 11 is 0. The maximum Gasteiger partial charge on any atom is 0.412 e. The van der Waals surface area contributed by atoms with E-state index in [1.54, 1.807) is 7.11 Å². The lowest BCUT2D eigenvalue weighted by molar-refractivity contribution is 0.0636. The molecule has 0 unspecified atom stereocenters. The molecule has 1 fully saturated rings. The van der Waals surface area contributed by atoms with Gasteiger partial charge in [0.05, 0.1) is 18.1 Å². The molecule has 0 saturated heterocycles. The van der Waals surface area contributed by atoms with E-state index in [0.29, 0.717) is 42.2 Å². The number of ether oxygens (including phenoxy) is 4. The Hall–Kier alpha value is -4.98. The van der Waals surface area contributed by atoms with Crippen LogP contribution in [0.4, 0.5) is 10.5 Å². The Kier molecular flexibility index (Phi) is 8.88. The topological polar surface area (TPSA) is 83.8 Å². The fraction of sp³-hybridized carbons (Fsp3) is 0.316. The second-order valence-corrected chi connectivity index (χ2v) is 12.7. The number of carbonyl (C=O) groups excluding carboxylic acids is 1. The number of imidazole rings is 1. The molecule has 8 heteroatoms. The molecule has 4 aromatic carbocycles. The highest BCUT2D eigenvalue weighted by Crippen LogP contribution is 2.48. The van der Waals surface area contributed by atoms with Crippen molar-refractivity contribution < 1.29 is 23.7 Å². The molecule has 1 aliphatic rings. The van der Waals surface area contributed by atoms with Gasteiger partial charge in [-0.1, -0.05) is 60.7 Å². The monoisotopic (exact) mass is 619 g/mol. The molecule has 0 radical (unpaired) electrons. The third-order valence-corrected chi connectivity index (χ3v) is 8.14. The highest BCUT2D eigenvalue weighted by Gasteiger charge is 2.29. The summed E-state index contributed by atoms with van der Waals surface area (Å²) < 4.78 is 26.7. The maximum absolute atomic E-state index is 12.5. The van der Waals surface area contributed by atoms with E-state index in [-0.39, 0.29) is 0 Å². The van der Waals surface area contributed by atoms with Crippen molar-refractivity contribution in [2.75, 3.05) is 12.4 Å². The van der Waals surface area contributed by atoms with E-state index in [2.05, 4.69) is 9.88 Å². The highest BCUT2D eigenvalue weighted by molar-refractivity contribution is 5.91. The summed E-state index contributed by atoms with van der Waals surface area (Å²) in [6.45, 7) is 8.31. The van der Waals surface area contributed by atoms with Crippen LogP contribution in [0.3, 0.4) is 0 Å². The van der Waals surface area contributed by atoms with Gasteiger partial charge in [0, 0.05) is 22.9 Å². The smallest absolute Gasteiger partial charge is 0.412 e. The zero-order valence-corrected chi connectivity index (χ0v) is 27.1. The van der Waals surface area contributed by atoms with Gasteiger partial charge in [-0.15, -0.1) is 0 Å². The normalized spacial score (nSPS) is 13.2. The van der Waals surface area contributed by atoms with Crippen molar-refractivity contribution in [3.8, 4) is 28.6 Å². The summed E-state index contributed by atoms with van der Waals surface area (Å²) in [5, 5.41) is 2.86. The molecule has 1 saturated carbocycles. The first kappa shape index (κ1) is 31.0. The van der Waals surface area contributed by atoms with Gasteiger partial charge in [0.25, 0.3) is 0 Å². The van der Waals surface area contributed by atoms with Crippen molar-refractivity contribution in [1.82, 2.24) is 9.55 Å². The lowest BCUT2D eigenvalue weighted by Gasteiger charge is -2.30. The quantitative estimate of drug-likeness (QED) is 0.168. The number of nitrogens with zero attached hydrogens (tertiary/aromatic N) is 2. The van der Waals surface area contributed by atoms with Crippen LogP contribution in [0.25, 0.3) is 22.4 Å². The number of anilines is 1. The number of benzene rings is 4. The third kappa shape index (κ3) is 6.81. The van der Waals surface area contributed by atoms with E-state index in [1.165, 1.54) is 6.42 Å². The number of nitrogens with one attached hydrogen (secondary N) is 1. The second kappa shape index (κ2) is 13.2. The maximum atomic E-state index is 12.5. The minimum Gasteiger partial charge on any atom is -0.493 e. The molecule has 1 heterocycles. The van der Waals surface area contributed by atoms with Crippen LogP contribution in [-0.4, -0.2) is 28.4 Å². The minimum absolute atomic E-state index is 0.317. The van der Waals surface area contributed by atoms with E-state index < -0.39 is 11.7 Å². The first-order valence-corrected chi connectivity index (χ1v) is 15.8. The van der Waals surface area contributed by atoms with Crippen LogP contribution in [-0.2, 0) is 18.0 Å². The molecule has 0 aliphatic heterocycles. The number of hydrogen-bond acceptors (Lipinski definition) is 6. The van der Waals surface area contributed by atoms with Crippen LogP contribution in [0.5, 0.6) is 17.2 Å². The largest absolute Gasteiger partial charge is 0.493 e. The standard InChI is InChI=1S/C38H41N3O5/c1-25-30(36-40-31-21-28(39-37(42)46-38(2,3)4)19-20-32(31)41(36)29-17-12-18-29)22-33(43-5)35(45-24-27-15-10-7-11-16-27)34(25)44-23-26-13-8-6-9-14-26/h6-11,13-16,19-22,29H,12,17-18,23-24H2,1-5H3,(H,39,42). The van der Waals surface area contributed by atoms with Gasteiger partial charge in [0.2, 0.25) is 5.75 Å². The van der Waals surface area contributed by atoms with Gasteiger partial charge in [0.1, 0.15) is 24.6 Å². The van der Waals surface area contributed by atoms with Crippen molar-refractivity contribution in [2.45, 2.75) is 71.8 Å². The molecule has 0 bridgehead atoms. The van der Waals surface area contributed by atoms with E-state index in [4.69, 9.17) is 23.9 Å². The van der Waals surface area contributed by atoms with E-state index in [9.17, 15) is 4.79 Å². The molecule has 1 aliphatic carbocycles. The van der Waals surface area contributed by atoms with Gasteiger partial charge in [-0.25, -0.2) is 9.78 Å². The van der Waals surface area contributed by atoms with Crippen LogP contribution < -0.4 is 19.5 Å². The van der Waals surface area contributed by atoms with E-state index in [0.717, 1.165) is 52.0 Å². The van der Waals surface area contributed by atoms with Crippen molar-refractivity contribution in [2.24, 2.45) is 0 Å². The SMILES string of the molecule is COc1cc(-c2nc3cc(NC(=O)OC(C)(C)C)ccc3n2C2CCC2)c(C)c(OCc2ccccc2)c1OCc1ccccc1. The summed E-state index contributed by atoms with van der Waals surface area (Å²) in [6.07, 6.45) is 2.81. The number of aromatic nitrogens is 2. The number of hydrogen-bond donors (Lipinski definition) is 1. The Bertz CT molecular complexity index is 1820. The first-order chi connectivity index (χ1) is 22.2. The molecule has 46 heavy (non-hydrogen) atoms. The summed E-state index contributed by atoms with van der Waals surface area (Å²) in [6, 6.07) is 28.3. The van der Waals surface area contributed by atoms with Crippen LogP contribution in [0.15, 0.2) is 84.9 Å². The Morgan fingerprint density at radius 2 is 1.52 bits per heavy atom. The van der Waals surface area contributed by atoms with Crippen molar-refractivity contribution in [3.05, 3.63) is 102 Å². The van der Waals surface area contributed by atoms with Crippen molar-refractivity contribution >= 4 is 22.8 Å². The Labute approximate surface area is 270 Å². The number of amides is 1. The molecule has 0 atom stereocenters. The zero-order valence-electron chi connectivity index (χ0n) is 27.1. The molecule has 1 aromatic heterocycles. The summed E-state index contributed by atoms with van der Waals surface area (Å²) in [4.78, 5) is 17.7. The van der Waals surface area contributed by atoms with E-state index in [1.807, 2.05) is 113 Å². The van der Waals surface area contributed by atoms with Crippen LogP contribution in [0.2, 0.25) is 0 Å². The fourth-order valence-electron chi connectivity index (χ4n) is 5.67.